The van der Waals surface area contributed by atoms with E-state index in [1.165, 1.54) is 18.7 Å². The number of hydrogen-bond acceptors (Lipinski definition) is 6. The van der Waals surface area contributed by atoms with E-state index in [9.17, 15) is 9.59 Å². The molecule has 5 nitrogen and oxygen atoms in total. The number of hydrogen-bond donors (Lipinski definition) is 1. The van der Waals surface area contributed by atoms with Crippen molar-refractivity contribution in [1.82, 2.24) is 10.3 Å². The standard InChI is InChI=1S/C21H12N2O3S2/c1-12(24)17-5-3-2-4-13(17)6-7-14-10-22-11-15-8-16(26-19(14)15)9-18-20(25)23-21(27)28-18/h2-5,8-11H,1H3,(H,23,25,27). The van der Waals surface area contributed by atoms with Crippen LogP contribution in [0.2, 0.25) is 0 Å². The number of carbonyl (C=O) groups excluding carboxylic acids is 2. The van der Waals surface area contributed by atoms with Gasteiger partial charge in [0.1, 0.15) is 10.1 Å². The quantitative estimate of drug-likeness (QED) is 0.302. The Morgan fingerprint density at radius 1 is 1.25 bits per heavy atom. The summed E-state index contributed by atoms with van der Waals surface area (Å²) < 4.78 is 6.31. The van der Waals surface area contributed by atoms with Gasteiger partial charge in [-0.1, -0.05) is 54.0 Å². The third-order valence-electron chi connectivity index (χ3n) is 4.00. The highest BCUT2D eigenvalue weighted by Gasteiger charge is 2.22. The number of carbonyl (C=O) groups is 2. The first-order valence-corrected chi connectivity index (χ1v) is 9.48. The molecular weight excluding hydrogens is 392 g/mol. The summed E-state index contributed by atoms with van der Waals surface area (Å²) >= 11 is 6.18. The molecule has 1 N–H and O–H groups in total. The highest BCUT2D eigenvalue weighted by molar-refractivity contribution is 8.26. The molecule has 1 aliphatic heterocycles. The summed E-state index contributed by atoms with van der Waals surface area (Å²) in [5, 5.41) is 3.34. The second-order valence-electron chi connectivity index (χ2n) is 5.96. The molecule has 1 amide bonds. The maximum atomic E-state index is 11.8. The molecule has 0 saturated carbocycles. The van der Waals surface area contributed by atoms with Crippen LogP contribution in [0.4, 0.5) is 0 Å². The fraction of sp³-hybridized carbons (Fsp3) is 0.0476. The Balaban J connectivity index is 1.74. The number of furan rings is 1. The van der Waals surface area contributed by atoms with Crippen LogP contribution in [0.25, 0.3) is 17.0 Å². The molecule has 3 heterocycles. The first kappa shape index (κ1) is 18.2. The minimum atomic E-state index is -0.241. The molecule has 1 aliphatic rings. The largest absolute Gasteiger partial charge is 0.455 e. The van der Waals surface area contributed by atoms with Gasteiger partial charge in [0.25, 0.3) is 5.91 Å². The van der Waals surface area contributed by atoms with Gasteiger partial charge in [0, 0.05) is 35.0 Å². The van der Waals surface area contributed by atoms with E-state index in [1.54, 1.807) is 42.7 Å². The van der Waals surface area contributed by atoms with Crippen LogP contribution in [0, 0.1) is 11.8 Å². The van der Waals surface area contributed by atoms with Crippen LogP contribution in [0.1, 0.15) is 34.2 Å². The van der Waals surface area contributed by atoms with Crippen molar-refractivity contribution >= 4 is 57.0 Å². The van der Waals surface area contributed by atoms with Crippen molar-refractivity contribution in [2.75, 3.05) is 0 Å². The number of amides is 1. The molecule has 1 saturated heterocycles. The highest BCUT2D eigenvalue weighted by Crippen LogP contribution is 2.29. The number of thiocarbonyl (C=S) groups is 1. The van der Waals surface area contributed by atoms with Crippen molar-refractivity contribution in [1.29, 1.82) is 0 Å². The number of Topliss-reactive ketones (excluding diaryl/α,β-unsaturated/α-hetero) is 1. The van der Waals surface area contributed by atoms with Crippen molar-refractivity contribution in [2.45, 2.75) is 6.92 Å². The van der Waals surface area contributed by atoms with Crippen molar-refractivity contribution in [3.8, 4) is 11.8 Å². The van der Waals surface area contributed by atoms with Crippen LogP contribution < -0.4 is 5.32 Å². The molecule has 3 aromatic rings. The molecule has 0 unspecified atom stereocenters. The van der Waals surface area contributed by atoms with Crippen LogP contribution >= 0.6 is 24.0 Å². The third kappa shape index (κ3) is 3.60. The molecule has 4 rings (SSSR count). The number of thioether (sulfide) groups is 1. The van der Waals surface area contributed by atoms with Gasteiger partial charge in [-0.25, -0.2) is 0 Å². The van der Waals surface area contributed by atoms with E-state index in [4.69, 9.17) is 16.6 Å². The number of fused-ring (bicyclic) bond motifs is 1. The van der Waals surface area contributed by atoms with E-state index in [1.807, 2.05) is 6.07 Å². The van der Waals surface area contributed by atoms with Crippen molar-refractivity contribution in [3.05, 3.63) is 70.1 Å². The smallest absolute Gasteiger partial charge is 0.263 e. The fourth-order valence-corrected chi connectivity index (χ4v) is 3.75. The van der Waals surface area contributed by atoms with Crippen molar-refractivity contribution in [2.24, 2.45) is 0 Å². The van der Waals surface area contributed by atoms with Crippen molar-refractivity contribution < 1.29 is 14.0 Å². The second-order valence-corrected chi connectivity index (χ2v) is 7.68. The molecule has 1 fully saturated rings. The molecule has 1 aromatic carbocycles. The van der Waals surface area contributed by atoms with E-state index < -0.39 is 0 Å². The van der Waals surface area contributed by atoms with E-state index in [-0.39, 0.29) is 11.7 Å². The van der Waals surface area contributed by atoms with E-state index in [2.05, 4.69) is 22.1 Å². The summed E-state index contributed by atoms with van der Waals surface area (Å²) in [5.41, 5.74) is 2.38. The summed E-state index contributed by atoms with van der Waals surface area (Å²) in [5.74, 6) is 6.29. The molecule has 2 aromatic heterocycles. The lowest BCUT2D eigenvalue weighted by Crippen LogP contribution is -2.17. The Hall–Kier alpha value is -3.21. The Morgan fingerprint density at radius 2 is 2.04 bits per heavy atom. The number of pyridine rings is 1. The third-order valence-corrected chi connectivity index (χ3v) is 5.16. The van der Waals surface area contributed by atoms with Crippen LogP contribution in [-0.2, 0) is 4.79 Å². The fourth-order valence-electron chi connectivity index (χ4n) is 2.73. The van der Waals surface area contributed by atoms with Crippen LogP contribution in [0.15, 0.2) is 52.0 Å². The molecule has 0 atom stereocenters. The maximum Gasteiger partial charge on any atom is 0.263 e. The normalized spacial score (nSPS) is 14.8. The zero-order valence-corrected chi connectivity index (χ0v) is 16.2. The number of nitrogens with one attached hydrogen (secondary N) is 1. The van der Waals surface area contributed by atoms with E-state index in [0.29, 0.717) is 37.3 Å². The number of benzene rings is 1. The number of nitrogens with zero attached hydrogens (tertiary/aromatic N) is 1. The lowest BCUT2D eigenvalue weighted by atomic mass is 10.0. The second kappa shape index (κ2) is 7.43. The van der Waals surface area contributed by atoms with Crippen LogP contribution in [0.3, 0.4) is 0 Å². The molecule has 0 spiro atoms. The Kier molecular flexibility index (Phi) is 4.82. The van der Waals surface area contributed by atoms with Gasteiger partial charge >= 0.3 is 0 Å². The highest BCUT2D eigenvalue weighted by atomic mass is 32.2. The predicted octanol–water partition coefficient (Wildman–Crippen LogP) is 3.92. The molecule has 136 valence electrons. The summed E-state index contributed by atoms with van der Waals surface area (Å²) in [6, 6.07) is 8.98. The van der Waals surface area contributed by atoms with Gasteiger partial charge in [0.2, 0.25) is 0 Å². The van der Waals surface area contributed by atoms with Gasteiger partial charge in [-0.05, 0) is 19.1 Å². The summed E-state index contributed by atoms with van der Waals surface area (Å²) in [6.07, 6.45) is 4.92. The minimum absolute atomic E-state index is 0.0432. The van der Waals surface area contributed by atoms with E-state index >= 15 is 0 Å². The lowest BCUT2D eigenvalue weighted by molar-refractivity contribution is -0.115. The van der Waals surface area contributed by atoms with Gasteiger partial charge in [0.05, 0.1) is 10.5 Å². The number of rotatable bonds is 2. The maximum absolute atomic E-state index is 11.8. The molecule has 28 heavy (non-hydrogen) atoms. The lowest BCUT2D eigenvalue weighted by Gasteiger charge is -1.98. The average molecular weight is 404 g/mol. The molecular formula is C21H12N2O3S2. The molecule has 0 bridgehead atoms. The molecule has 0 radical (unpaired) electrons. The average Bonchev–Trinajstić information content (AvgIpc) is 3.22. The zero-order chi connectivity index (χ0) is 19.7. The van der Waals surface area contributed by atoms with Gasteiger partial charge < -0.3 is 9.73 Å². The van der Waals surface area contributed by atoms with Crippen LogP contribution in [-0.4, -0.2) is 21.0 Å². The van der Waals surface area contributed by atoms with E-state index in [0.717, 1.165) is 5.39 Å². The molecule has 0 aliphatic carbocycles. The summed E-state index contributed by atoms with van der Waals surface area (Å²) in [6.45, 7) is 1.51. The van der Waals surface area contributed by atoms with Crippen LogP contribution in [0.5, 0.6) is 0 Å². The van der Waals surface area contributed by atoms with Gasteiger partial charge in [-0.2, -0.15) is 0 Å². The zero-order valence-electron chi connectivity index (χ0n) is 14.6. The summed E-state index contributed by atoms with van der Waals surface area (Å²) in [7, 11) is 0. The minimum Gasteiger partial charge on any atom is -0.455 e. The Labute approximate surface area is 170 Å². The Morgan fingerprint density at radius 3 is 2.79 bits per heavy atom. The van der Waals surface area contributed by atoms with Gasteiger partial charge in [-0.3, -0.25) is 14.6 Å². The Bertz CT molecular complexity index is 1250. The molecule has 7 heteroatoms. The van der Waals surface area contributed by atoms with Gasteiger partial charge in [-0.15, -0.1) is 0 Å². The number of ketones is 1. The SMILES string of the molecule is CC(=O)c1ccccc1C#Cc1cncc2cc(C=C3SC(=S)NC3=O)oc12. The monoisotopic (exact) mass is 404 g/mol. The first-order valence-electron chi connectivity index (χ1n) is 8.25. The summed E-state index contributed by atoms with van der Waals surface area (Å²) in [4.78, 5) is 28.3. The first-order chi connectivity index (χ1) is 13.5. The van der Waals surface area contributed by atoms with Crippen molar-refractivity contribution in [3.63, 3.8) is 0 Å². The predicted molar refractivity (Wildman–Crippen MR) is 113 cm³/mol. The number of aromatic nitrogens is 1. The van der Waals surface area contributed by atoms with Gasteiger partial charge in [0.15, 0.2) is 11.4 Å². The topological polar surface area (TPSA) is 72.2 Å².